The Morgan fingerprint density at radius 2 is 2.04 bits per heavy atom. The zero-order valence-electron chi connectivity index (χ0n) is 14.0. The molecule has 1 unspecified atom stereocenters. The highest BCUT2D eigenvalue weighted by Gasteiger charge is 2.27. The number of phenolic OH excluding ortho intramolecular Hbond substituents is 2. The molecule has 0 bridgehead atoms. The second-order valence-corrected chi connectivity index (χ2v) is 6.49. The fraction of sp³-hybridized carbons (Fsp3) is 0.316. The van der Waals surface area contributed by atoms with Crippen LogP contribution in [0.15, 0.2) is 30.3 Å². The van der Waals surface area contributed by atoms with Crippen molar-refractivity contribution in [2.45, 2.75) is 19.3 Å². The molecular formula is C19H21ClN2O3. The Morgan fingerprint density at radius 1 is 1.32 bits per heavy atom. The fourth-order valence-corrected chi connectivity index (χ4v) is 3.57. The average molecular weight is 361 g/mol. The third-order valence-electron chi connectivity index (χ3n) is 4.53. The van der Waals surface area contributed by atoms with Crippen LogP contribution in [0, 0.1) is 0 Å². The summed E-state index contributed by atoms with van der Waals surface area (Å²) < 4.78 is 0. The van der Waals surface area contributed by atoms with Crippen LogP contribution >= 0.6 is 11.6 Å². The van der Waals surface area contributed by atoms with Crippen molar-refractivity contribution in [3.63, 3.8) is 0 Å². The second kappa shape index (κ2) is 7.33. The van der Waals surface area contributed by atoms with Gasteiger partial charge in [-0.25, -0.2) is 0 Å². The molecule has 0 radical (unpaired) electrons. The molecule has 0 fully saturated rings. The maximum atomic E-state index is 12.3. The molecule has 1 aliphatic rings. The monoisotopic (exact) mass is 360 g/mol. The van der Waals surface area contributed by atoms with Crippen molar-refractivity contribution in [2.24, 2.45) is 0 Å². The minimum atomic E-state index is -0.341. The smallest absolute Gasteiger partial charge is 0.255 e. The SMILES string of the molecule is CCNC(=O)c1cc2c(c(Cl)c1O)CCNCC2c1ccc(O)cc1. The van der Waals surface area contributed by atoms with Crippen molar-refractivity contribution in [3.05, 3.63) is 57.6 Å². The van der Waals surface area contributed by atoms with Crippen LogP contribution in [-0.2, 0) is 6.42 Å². The summed E-state index contributed by atoms with van der Waals surface area (Å²) in [7, 11) is 0. The highest BCUT2D eigenvalue weighted by molar-refractivity contribution is 6.33. The molecule has 0 aromatic heterocycles. The summed E-state index contributed by atoms with van der Waals surface area (Å²) in [6.45, 7) is 3.72. The number of carbonyl (C=O) groups is 1. The lowest BCUT2D eigenvalue weighted by Gasteiger charge is -2.21. The van der Waals surface area contributed by atoms with Crippen molar-refractivity contribution < 1.29 is 15.0 Å². The largest absolute Gasteiger partial charge is 0.508 e. The Kier molecular flexibility index (Phi) is 5.16. The van der Waals surface area contributed by atoms with Crippen LogP contribution in [0.5, 0.6) is 11.5 Å². The van der Waals surface area contributed by atoms with E-state index in [1.807, 2.05) is 19.1 Å². The lowest BCUT2D eigenvalue weighted by atomic mass is 9.86. The Morgan fingerprint density at radius 3 is 2.72 bits per heavy atom. The highest BCUT2D eigenvalue weighted by Crippen LogP contribution is 2.40. The summed E-state index contributed by atoms with van der Waals surface area (Å²) in [6.07, 6.45) is 0.673. The van der Waals surface area contributed by atoms with E-state index in [4.69, 9.17) is 11.6 Å². The molecule has 0 spiro atoms. The van der Waals surface area contributed by atoms with E-state index >= 15 is 0 Å². The molecule has 132 valence electrons. The number of halogens is 1. The molecular weight excluding hydrogens is 340 g/mol. The van der Waals surface area contributed by atoms with Gasteiger partial charge in [0.05, 0.1) is 10.6 Å². The minimum Gasteiger partial charge on any atom is -0.508 e. The zero-order chi connectivity index (χ0) is 18.0. The van der Waals surface area contributed by atoms with Gasteiger partial charge in [0.2, 0.25) is 0 Å². The molecule has 3 rings (SSSR count). The molecule has 4 N–H and O–H groups in total. The van der Waals surface area contributed by atoms with Crippen LogP contribution in [0.3, 0.4) is 0 Å². The quantitative estimate of drug-likeness (QED) is 0.678. The van der Waals surface area contributed by atoms with E-state index in [9.17, 15) is 15.0 Å². The van der Waals surface area contributed by atoms with E-state index in [0.717, 1.165) is 23.2 Å². The lowest BCUT2D eigenvalue weighted by molar-refractivity contribution is 0.0953. The van der Waals surface area contributed by atoms with Crippen LogP contribution in [0.1, 0.15) is 39.9 Å². The van der Waals surface area contributed by atoms with Gasteiger partial charge in [0, 0.05) is 19.0 Å². The van der Waals surface area contributed by atoms with Crippen LogP contribution in [0.4, 0.5) is 0 Å². The lowest BCUT2D eigenvalue weighted by Crippen LogP contribution is -2.24. The van der Waals surface area contributed by atoms with Gasteiger partial charge in [-0.2, -0.15) is 0 Å². The highest BCUT2D eigenvalue weighted by atomic mass is 35.5. The molecule has 1 amide bonds. The third kappa shape index (κ3) is 3.43. The fourth-order valence-electron chi connectivity index (χ4n) is 3.27. The second-order valence-electron chi connectivity index (χ2n) is 6.11. The zero-order valence-corrected chi connectivity index (χ0v) is 14.7. The maximum absolute atomic E-state index is 12.3. The van der Waals surface area contributed by atoms with E-state index < -0.39 is 0 Å². The molecule has 0 saturated carbocycles. The van der Waals surface area contributed by atoms with Gasteiger partial charge in [0.1, 0.15) is 11.5 Å². The van der Waals surface area contributed by atoms with Crippen LogP contribution in [-0.4, -0.2) is 35.8 Å². The van der Waals surface area contributed by atoms with Crippen molar-refractivity contribution in [1.82, 2.24) is 10.6 Å². The van der Waals surface area contributed by atoms with Crippen LogP contribution < -0.4 is 10.6 Å². The Hall–Kier alpha value is -2.24. The van der Waals surface area contributed by atoms with Gasteiger partial charge in [-0.1, -0.05) is 23.7 Å². The number of hydrogen-bond donors (Lipinski definition) is 4. The van der Waals surface area contributed by atoms with Gasteiger partial charge in [0.25, 0.3) is 5.91 Å². The van der Waals surface area contributed by atoms with Gasteiger partial charge < -0.3 is 20.8 Å². The number of amides is 1. The van der Waals surface area contributed by atoms with E-state index in [0.29, 0.717) is 19.5 Å². The summed E-state index contributed by atoms with van der Waals surface area (Å²) in [6, 6.07) is 8.76. The topological polar surface area (TPSA) is 81.6 Å². The van der Waals surface area contributed by atoms with Gasteiger partial charge in [-0.15, -0.1) is 0 Å². The van der Waals surface area contributed by atoms with Crippen LogP contribution in [0.25, 0.3) is 0 Å². The molecule has 2 aromatic carbocycles. The summed E-state index contributed by atoms with van der Waals surface area (Å²) in [5, 5.41) is 26.3. The number of phenols is 2. The molecule has 1 atom stereocenters. The number of benzene rings is 2. The minimum absolute atomic E-state index is 0.0237. The molecule has 5 nitrogen and oxygen atoms in total. The standard InChI is InChI=1S/C19H21ClN2O3/c1-2-22-19(25)15-9-14-13(17(20)18(15)24)7-8-21-10-16(14)11-3-5-12(23)6-4-11/h3-6,9,16,21,23-24H,2,7-8,10H2,1H3,(H,22,25). The number of carbonyl (C=O) groups excluding carboxylic acids is 1. The molecule has 2 aromatic rings. The molecule has 1 aliphatic heterocycles. The molecule has 25 heavy (non-hydrogen) atoms. The number of aromatic hydroxyl groups is 2. The first-order chi connectivity index (χ1) is 12.0. The summed E-state index contributed by atoms with van der Waals surface area (Å²) in [5.41, 5.74) is 2.99. The Bertz CT molecular complexity index is 790. The van der Waals surface area contributed by atoms with Crippen LogP contribution in [0.2, 0.25) is 5.02 Å². The number of hydrogen-bond acceptors (Lipinski definition) is 4. The van der Waals surface area contributed by atoms with Gasteiger partial charge in [0.15, 0.2) is 0 Å². The Labute approximate surface area is 151 Å². The average Bonchev–Trinajstić information content (AvgIpc) is 2.81. The molecule has 0 saturated heterocycles. The number of fused-ring (bicyclic) bond motifs is 1. The van der Waals surface area contributed by atoms with Crippen molar-refractivity contribution in [3.8, 4) is 11.5 Å². The number of rotatable bonds is 3. The van der Waals surface area contributed by atoms with Crippen molar-refractivity contribution in [2.75, 3.05) is 19.6 Å². The predicted octanol–water partition coefficient (Wildman–Crippen LogP) is 2.78. The summed E-state index contributed by atoms with van der Waals surface area (Å²) >= 11 is 6.41. The van der Waals surface area contributed by atoms with Gasteiger partial charge >= 0.3 is 0 Å². The normalized spacial score (nSPS) is 16.8. The van der Waals surface area contributed by atoms with Gasteiger partial charge in [-0.3, -0.25) is 4.79 Å². The van der Waals surface area contributed by atoms with Gasteiger partial charge in [-0.05, 0) is 54.8 Å². The van der Waals surface area contributed by atoms with E-state index in [2.05, 4.69) is 10.6 Å². The first-order valence-electron chi connectivity index (χ1n) is 8.35. The molecule has 6 heteroatoms. The van der Waals surface area contributed by atoms with E-state index in [-0.39, 0.29) is 33.9 Å². The van der Waals surface area contributed by atoms with E-state index in [1.54, 1.807) is 18.2 Å². The third-order valence-corrected chi connectivity index (χ3v) is 4.94. The molecule has 0 aliphatic carbocycles. The Balaban J connectivity index is 2.14. The summed E-state index contributed by atoms with van der Waals surface area (Å²) in [5.74, 6) is -0.328. The number of nitrogens with one attached hydrogen (secondary N) is 2. The van der Waals surface area contributed by atoms with Crippen molar-refractivity contribution in [1.29, 1.82) is 0 Å². The first kappa shape index (κ1) is 17.6. The summed E-state index contributed by atoms with van der Waals surface area (Å²) in [4.78, 5) is 12.3. The maximum Gasteiger partial charge on any atom is 0.255 e. The van der Waals surface area contributed by atoms with Crippen molar-refractivity contribution >= 4 is 17.5 Å². The predicted molar refractivity (Wildman–Crippen MR) is 97.6 cm³/mol. The first-order valence-corrected chi connectivity index (χ1v) is 8.72. The van der Waals surface area contributed by atoms with E-state index in [1.165, 1.54) is 0 Å². The molecule has 1 heterocycles.